The molecule has 1 atom stereocenters. The van der Waals surface area contributed by atoms with E-state index in [0.717, 1.165) is 23.4 Å². The van der Waals surface area contributed by atoms with Crippen LogP contribution in [0.2, 0.25) is 5.02 Å². The molecule has 1 amide bonds. The second-order valence-electron chi connectivity index (χ2n) is 5.59. The second kappa shape index (κ2) is 5.93. The molecule has 2 aromatic rings. The summed E-state index contributed by atoms with van der Waals surface area (Å²) in [4.78, 5) is 16.2. The van der Waals surface area contributed by atoms with Crippen LogP contribution in [0.25, 0.3) is 0 Å². The van der Waals surface area contributed by atoms with E-state index in [4.69, 9.17) is 11.6 Å². The maximum absolute atomic E-state index is 12.2. The van der Waals surface area contributed by atoms with Gasteiger partial charge in [0, 0.05) is 17.2 Å². The van der Waals surface area contributed by atoms with Gasteiger partial charge in [-0.1, -0.05) is 29.3 Å². The number of carbonyl (C=O) groups is 1. The number of nitrogens with zero attached hydrogens (tertiary/aromatic N) is 1. The van der Waals surface area contributed by atoms with Gasteiger partial charge in [0.2, 0.25) is 0 Å². The van der Waals surface area contributed by atoms with E-state index < -0.39 is 5.91 Å². The van der Waals surface area contributed by atoms with Crippen LogP contribution >= 0.6 is 11.6 Å². The summed E-state index contributed by atoms with van der Waals surface area (Å²) in [5.41, 5.74) is 3.55. The van der Waals surface area contributed by atoms with Gasteiger partial charge in [0.25, 0.3) is 5.91 Å². The molecule has 0 saturated carbocycles. The Morgan fingerprint density at radius 1 is 1.32 bits per heavy atom. The molecule has 22 heavy (non-hydrogen) atoms. The maximum Gasteiger partial charge on any atom is 0.280 e. The molecule has 1 aliphatic rings. The third kappa shape index (κ3) is 2.90. The molecule has 1 aliphatic carbocycles. The van der Waals surface area contributed by atoms with E-state index in [1.807, 2.05) is 25.1 Å². The first kappa shape index (κ1) is 14.8. The molecule has 0 bridgehead atoms. The molecule has 2 aromatic carbocycles. The molecular formula is C18H16ClNO2. The fourth-order valence-electron chi connectivity index (χ4n) is 2.82. The predicted molar refractivity (Wildman–Crippen MR) is 88.2 cm³/mol. The highest BCUT2D eigenvalue weighted by molar-refractivity contribution is 6.30. The minimum atomic E-state index is -0.413. The number of aromatic hydroxyl groups is 1. The Labute approximate surface area is 134 Å². The lowest BCUT2D eigenvalue weighted by molar-refractivity contribution is 0.100. The van der Waals surface area contributed by atoms with Crippen LogP contribution in [0.5, 0.6) is 5.75 Å². The van der Waals surface area contributed by atoms with Gasteiger partial charge in [0.1, 0.15) is 5.75 Å². The van der Waals surface area contributed by atoms with Crippen LogP contribution in [0, 0.1) is 6.92 Å². The summed E-state index contributed by atoms with van der Waals surface area (Å²) < 4.78 is 0. The number of benzene rings is 2. The Morgan fingerprint density at radius 2 is 2.14 bits per heavy atom. The van der Waals surface area contributed by atoms with E-state index in [0.29, 0.717) is 0 Å². The lowest BCUT2D eigenvalue weighted by Gasteiger charge is -2.06. The van der Waals surface area contributed by atoms with Crippen molar-refractivity contribution in [3.63, 3.8) is 0 Å². The number of halogens is 1. The summed E-state index contributed by atoms with van der Waals surface area (Å²) in [5, 5.41) is 10.5. The first-order valence-electron chi connectivity index (χ1n) is 7.21. The van der Waals surface area contributed by atoms with E-state index in [-0.39, 0.29) is 17.2 Å². The van der Waals surface area contributed by atoms with Crippen molar-refractivity contribution >= 4 is 23.7 Å². The minimum absolute atomic E-state index is 0.0358. The van der Waals surface area contributed by atoms with Crippen molar-refractivity contribution in [2.24, 2.45) is 4.99 Å². The van der Waals surface area contributed by atoms with Gasteiger partial charge >= 0.3 is 0 Å². The molecular weight excluding hydrogens is 298 g/mol. The Kier molecular flexibility index (Phi) is 3.99. The molecule has 1 N–H and O–H groups in total. The first-order valence-corrected chi connectivity index (χ1v) is 7.59. The normalized spacial score (nSPS) is 16.9. The lowest BCUT2D eigenvalue weighted by atomic mass is 10.0. The Balaban J connectivity index is 1.81. The maximum atomic E-state index is 12.2. The third-order valence-corrected chi connectivity index (χ3v) is 4.22. The van der Waals surface area contributed by atoms with Gasteiger partial charge in [0.05, 0.1) is 5.56 Å². The smallest absolute Gasteiger partial charge is 0.280 e. The Morgan fingerprint density at radius 3 is 2.95 bits per heavy atom. The first-order chi connectivity index (χ1) is 10.5. The van der Waals surface area contributed by atoms with Gasteiger partial charge in [-0.05, 0) is 55.2 Å². The highest BCUT2D eigenvalue weighted by atomic mass is 35.5. The van der Waals surface area contributed by atoms with Crippen LogP contribution in [0.15, 0.2) is 41.4 Å². The van der Waals surface area contributed by atoms with Gasteiger partial charge in [0.15, 0.2) is 0 Å². The van der Waals surface area contributed by atoms with Crippen molar-refractivity contribution in [1.82, 2.24) is 0 Å². The predicted octanol–water partition coefficient (Wildman–Crippen LogP) is 4.30. The molecule has 0 spiro atoms. The van der Waals surface area contributed by atoms with Crippen LogP contribution < -0.4 is 0 Å². The topological polar surface area (TPSA) is 49.7 Å². The number of aryl methyl sites for hydroxylation is 2. The van der Waals surface area contributed by atoms with Crippen molar-refractivity contribution < 1.29 is 9.90 Å². The van der Waals surface area contributed by atoms with Crippen molar-refractivity contribution in [3.05, 3.63) is 63.7 Å². The third-order valence-electron chi connectivity index (χ3n) is 3.98. The molecule has 112 valence electrons. The summed E-state index contributed by atoms with van der Waals surface area (Å²) in [5.74, 6) is -0.321. The highest BCUT2D eigenvalue weighted by Crippen LogP contribution is 2.33. The van der Waals surface area contributed by atoms with Crippen molar-refractivity contribution in [1.29, 1.82) is 0 Å². The number of aliphatic imine (C=N–C) groups is 1. The number of fused-ring (bicyclic) bond motifs is 1. The zero-order valence-corrected chi connectivity index (χ0v) is 13.0. The number of hydrogen-bond donors (Lipinski definition) is 1. The van der Waals surface area contributed by atoms with Crippen molar-refractivity contribution in [2.45, 2.75) is 25.7 Å². The van der Waals surface area contributed by atoms with E-state index in [9.17, 15) is 9.90 Å². The van der Waals surface area contributed by atoms with Gasteiger partial charge < -0.3 is 5.11 Å². The number of carbonyl (C=O) groups excluding carboxylic acids is 1. The standard InChI is InChI=1S/C18H16ClNO2/c1-11-2-7-17(21)16(8-11)18(22)20-10-13-4-3-12-9-14(19)5-6-15(12)13/h2,5-10,13,21H,3-4H2,1H3. The lowest BCUT2D eigenvalue weighted by Crippen LogP contribution is -2.01. The number of rotatable bonds is 2. The second-order valence-corrected chi connectivity index (χ2v) is 6.03. The number of amides is 1. The molecule has 3 rings (SSSR count). The molecule has 1 unspecified atom stereocenters. The quantitative estimate of drug-likeness (QED) is 0.841. The van der Waals surface area contributed by atoms with E-state index in [2.05, 4.69) is 4.99 Å². The number of phenolic OH excluding ortho intramolecular Hbond substituents is 1. The van der Waals surface area contributed by atoms with Gasteiger partial charge in [-0.3, -0.25) is 4.79 Å². The molecule has 4 heteroatoms. The van der Waals surface area contributed by atoms with Gasteiger partial charge in [-0.2, -0.15) is 0 Å². The van der Waals surface area contributed by atoms with E-state index in [1.165, 1.54) is 17.2 Å². The van der Waals surface area contributed by atoms with Crippen LogP contribution in [-0.2, 0) is 6.42 Å². The van der Waals surface area contributed by atoms with Gasteiger partial charge in [-0.25, -0.2) is 4.99 Å². The fourth-order valence-corrected chi connectivity index (χ4v) is 3.02. The highest BCUT2D eigenvalue weighted by Gasteiger charge is 2.21. The van der Waals surface area contributed by atoms with Crippen LogP contribution in [0.4, 0.5) is 0 Å². The molecule has 0 fully saturated rings. The summed E-state index contributed by atoms with van der Waals surface area (Å²) in [6.45, 7) is 1.87. The molecule has 0 aliphatic heterocycles. The Bertz CT molecular complexity index is 768. The largest absolute Gasteiger partial charge is 0.507 e. The zero-order valence-electron chi connectivity index (χ0n) is 12.2. The average Bonchev–Trinajstić information content (AvgIpc) is 2.89. The summed E-state index contributed by atoms with van der Waals surface area (Å²) in [6, 6.07) is 10.8. The molecule has 0 saturated heterocycles. The fraction of sp³-hybridized carbons (Fsp3) is 0.222. The Hall–Kier alpha value is -2.13. The van der Waals surface area contributed by atoms with Crippen LogP contribution in [-0.4, -0.2) is 17.2 Å². The number of hydrogen-bond acceptors (Lipinski definition) is 2. The zero-order chi connectivity index (χ0) is 15.7. The monoisotopic (exact) mass is 313 g/mol. The van der Waals surface area contributed by atoms with Crippen molar-refractivity contribution in [2.75, 3.05) is 0 Å². The minimum Gasteiger partial charge on any atom is -0.507 e. The van der Waals surface area contributed by atoms with Crippen molar-refractivity contribution in [3.8, 4) is 5.75 Å². The SMILES string of the molecule is Cc1ccc(O)c(C(=O)N=CC2CCc3cc(Cl)ccc32)c1. The van der Waals surface area contributed by atoms with Crippen LogP contribution in [0.1, 0.15) is 39.4 Å². The average molecular weight is 314 g/mol. The summed E-state index contributed by atoms with van der Waals surface area (Å²) in [7, 11) is 0. The molecule has 3 nitrogen and oxygen atoms in total. The van der Waals surface area contributed by atoms with Gasteiger partial charge in [-0.15, -0.1) is 0 Å². The van der Waals surface area contributed by atoms with E-state index >= 15 is 0 Å². The van der Waals surface area contributed by atoms with Crippen LogP contribution in [0.3, 0.4) is 0 Å². The van der Waals surface area contributed by atoms with E-state index in [1.54, 1.807) is 18.3 Å². The number of phenols is 1. The molecule has 0 radical (unpaired) electrons. The summed E-state index contributed by atoms with van der Waals surface area (Å²) >= 11 is 6.00. The molecule has 0 heterocycles. The summed E-state index contributed by atoms with van der Waals surface area (Å²) in [6.07, 6.45) is 3.55. The molecule has 0 aromatic heterocycles.